The van der Waals surface area contributed by atoms with Gasteiger partial charge in [-0.3, -0.25) is 4.79 Å². The van der Waals surface area contributed by atoms with E-state index in [4.69, 9.17) is 4.74 Å². The Bertz CT molecular complexity index is 931. The predicted molar refractivity (Wildman–Crippen MR) is 109 cm³/mol. The molecule has 0 aromatic heterocycles. The van der Waals surface area contributed by atoms with Crippen LogP contribution in [0, 0.1) is 0 Å². The van der Waals surface area contributed by atoms with Crippen molar-refractivity contribution < 1.29 is 41.0 Å². The van der Waals surface area contributed by atoms with Gasteiger partial charge in [-0.2, -0.15) is 26.3 Å². The van der Waals surface area contributed by atoms with E-state index >= 15 is 0 Å². The zero-order valence-electron chi connectivity index (χ0n) is 17.8. The minimum absolute atomic E-state index is 0.168. The number of amides is 1. The summed E-state index contributed by atoms with van der Waals surface area (Å²) in [5.41, 5.74) is -4.91. The SMILES string of the molecule is CO[C@H](C)CC(=O)NCc1ccc(NC[C@@](O)(c2cccc(C(F)(F)F)c2)C(F)(F)F)cc1. The molecule has 0 fully saturated rings. The number of rotatable bonds is 9. The maximum Gasteiger partial charge on any atom is 0.423 e. The lowest BCUT2D eigenvalue weighted by atomic mass is 9.91. The molecule has 0 heterocycles. The molecule has 2 aromatic carbocycles. The zero-order valence-corrected chi connectivity index (χ0v) is 17.8. The summed E-state index contributed by atoms with van der Waals surface area (Å²) in [5.74, 6) is -0.233. The summed E-state index contributed by atoms with van der Waals surface area (Å²) in [6, 6.07) is 8.49. The molecule has 2 rings (SSSR count). The van der Waals surface area contributed by atoms with Crippen molar-refractivity contribution in [2.75, 3.05) is 19.0 Å². The Balaban J connectivity index is 2.09. The van der Waals surface area contributed by atoms with Gasteiger partial charge in [-0.1, -0.05) is 24.3 Å². The van der Waals surface area contributed by atoms with E-state index in [9.17, 15) is 36.2 Å². The van der Waals surface area contributed by atoms with Crippen molar-refractivity contribution in [2.24, 2.45) is 0 Å². The molecule has 0 saturated heterocycles. The quantitative estimate of drug-likeness (QED) is 0.461. The van der Waals surface area contributed by atoms with Gasteiger partial charge >= 0.3 is 12.4 Å². The van der Waals surface area contributed by atoms with Crippen molar-refractivity contribution in [3.05, 3.63) is 65.2 Å². The normalized spacial score (nSPS) is 14.9. The number of carbonyl (C=O) groups is 1. The van der Waals surface area contributed by atoms with Gasteiger partial charge in [-0.05, 0) is 42.3 Å². The van der Waals surface area contributed by atoms with Crippen LogP contribution in [0.2, 0.25) is 0 Å². The number of alkyl halides is 6. The number of anilines is 1. The average Bonchev–Trinajstić information content (AvgIpc) is 2.75. The fourth-order valence-corrected chi connectivity index (χ4v) is 2.91. The van der Waals surface area contributed by atoms with Crippen LogP contribution < -0.4 is 10.6 Å². The summed E-state index contributed by atoms with van der Waals surface area (Å²) in [6.45, 7) is 0.816. The molecule has 2 aromatic rings. The number of nitrogens with one attached hydrogen (secondary N) is 2. The maximum atomic E-state index is 13.7. The number of hydrogen-bond acceptors (Lipinski definition) is 4. The topological polar surface area (TPSA) is 70.6 Å². The molecule has 0 aliphatic rings. The van der Waals surface area contributed by atoms with Crippen molar-refractivity contribution in [3.8, 4) is 0 Å². The third kappa shape index (κ3) is 7.10. The molecule has 3 N–H and O–H groups in total. The molecule has 0 radical (unpaired) electrons. The Kier molecular flexibility index (Phi) is 8.36. The van der Waals surface area contributed by atoms with Gasteiger partial charge < -0.3 is 20.5 Å². The lowest BCUT2D eigenvalue weighted by molar-refractivity contribution is -0.260. The Labute approximate surface area is 186 Å². The zero-order chi connectivity index (χ0) is 24.9. The van der Waals surface area contributed by atoms with Crippen LogP contribution in [-0.4, -0.2) is 36.9 Å². The van der Waals surface area contributed by atoms with Crippen molar-refractivity contribution >= 4 is 11.6 Å². The fourth-order valence-electron chi connectivity index (χ4n) is 2.91. The first-order valence-electron chi connectivity index (χ1n) is 9.85. The van der Waals surface area contributed by atoms with Crippen molar-refractivity contribution in [3.63, 3.8) is 0 Å². The van der Waals surface area contributed by atoms with E-state index in [1.165, 1.54) is 19.2 Å². The third-order valence-corrected chi connectivity index (χ3v) is 5.00. The number of carbonyl (C=O) groups excluding carboxylic acids is 1. The molecule has 2 atom stereocenters. The summed E-state index contributed by atoms with van der Waals surface area (Å²) in [6.07, 6.45) is -10.2. The monoisotopic (exact) mass is 478 g/mol. The van der Waals surface area contributed by atoms with Gasteiger partial charge in [0, 0.05) is 19.3 Å². The van der Waals surface area contributed by atoms with Crippen molar-refractivity contribution in [1.29, 1.82) is 0 Å². The molecule has 0 spiro atoms. The maximum absolute atomic E-state index is 13.7. The average molecular weight is 478 g/mol. The summed E-state index contributed by atoms with van der Waals surface area (Å²) in [4.78, 5) is 11.8. The van der Waals surface area contributed by atoms with Crippen LogP contribution in [0.1, 0.15) is 30.0 Å². The van der Waals surface area contributed by atoms with Gasteiger partial charge in [0.05, 0.1) is 24.6 Å². The standard InChI is InChI=1S/C22H24F6N2O3/c1-14(33-2)10-19(31)29-12-15-6-8-18(9-7-15)30-13-20(32,22(26,27)28)16-4-3-5-17(11-16)21(23,24)25/h3-9,11,14,30,32H,10,12-13H2,1-2H3,(H,29,31)/t14-,20-/m1/s1. The number of aliphatic hydroxyl groups is 1. The molecular weight excluding hydrogens is 454 g/mol. The number of benzene rings is 2. The molecule has 0 aliphatic heterocycles. The first-order chi connectivity index (χ1) is 15.3. The Morgan fingerprint density at radius 2 is 1.64 bits per heavy atom. The van der Waals surface area contributed by atoms with Gasteiger partial charge in [0.2, 0.25) is 11.5 Å². The van der Waals surface area contributed by atoms with E-state index in [-0.39, 0.29) is 36.7 Å². The second-order valence-corrected chi connectivity index (χ2v) is 7.51. The number of halogens is 6. The summed E-state index contributed by atoms with van der Waals surface area (Å²) >= 11 is 0. The lowest BCUT2D eigenvalue weighted by Crippen LogP contribution is -2.47. The van der Waals surface area contributed by atoms with Gasteiger partial charge in [0.1, 0.15) is 0 Å². The third-order valence-electron chi connectivity index (χ3n) is 5.00. The lowest BCUT2D eigenvalue weighted by Gasteiger charge is -2.32. The molecule has 0 saturated carbocycles. The largest absolute Gasteiger partial charge is 0.423 e. The summed E-state index contributed by atoms with van der Waals surface area (Å²) in [7, 11) is 1.48. The van der Waals surface area contributed by atoms with Crippen LogP contribution >= 0.6 is 0 Å². The van der Waals surface area contributed by atoms with Gasteiger partial charge in [0.15, 0.2) is 0 Å². The molecule has 0 unspecified atom stereocenters. The van der Waals surface area contributed by atoms with Crippen LogP contribution in [-0.2, 0) is 27.9 Å². The molecule has 0 aliphatic carbocycles. The number of methoxy groups -OCH3 is 1. The van der Waals surface area contributed by atoms with Crippen LogP contribution in [0.3, 0.4) is 0 Å². The summed E-state index contributed by atoms with van der Waals surface area (Å²) in [5, 5.41) is 15.4. The second-order valence-electron chi connectivity index (χ2n) is 7.51. The van der Waals surface area contributed by atoms with E-state index in [0.29, 0.717) is 11.6 Å². The highest BCUT2D eigenvalue weighted by Gasteiger charge is 2.55. The van der Waals surface area contributed by atoms with E-state index in [1.807, 2.05) is 0 Å². The molecule has 0 bridgehead atoms. The second kappa shape index (κ2) is 10.4. The fraction of sp³-hybridized carbons (Fsp3) is 0.409. The van der Waals surface area contributed by atoms with E-state index in [1.54, 1.807) is 19.1 Å². The van der Waals surface area contributed by atoms with Crippen LogP contribution in [0.4, 0.5) is 32.0 Å². The van der Waals surface area contributed by atoms with Crippen LogP contribution in [0.25, 0.3) is 0 Å². The minimum atomic E-state index is -5.24. The van der Waals surface area contributed by atoms with E-state index in [0.717, 1.165) is 12.1 Å². The van der Waals surface area contributed by atoms with E-state index in [2.05, 4.69) is 10.6 Å². The van der Waals surface area contributed by atoms with Crippen LogP contribution in [0.5, 0.6) is 0 Å². The van der Waals surface area contributed by atoms with E-state index < -0.39 is 35.6 Å². The molecule has 1 amide bonds. The molecule has 5 nitrogen and oxygen atoms in total. The highest BCUT2D eigenvalue weighted by Crippen LogP contribution is 2.41. The Morgan fingerprint density at radius 3 is 2.18 bits per heavy atom. The molecule has 182 valence electrons. The van der Waals surface area contributed by atoms with Crippen molar-refractivity contribution in [1.82, 2.24) is 5.32 Å². The number of ether oxygens (including phenoxy) is 1. The molecular formula is C22H24F6N2O3. The highest BCUT2D eigenvalue weighted by atomic mass is 19.4. The van der Waals surface area contributed by atoms with Gasteiger partial charge in [-0.25, -0.2) is 0 Å². The highest BCUT2D eigenvalue weighted by molar-refractivity contribution is 5.76. The Hall–Kier alpha value is -2.79. The van der Waals surface area contributed by atoms with Gasteiger partial charge in [-0.15, -0.1) is 0 Å². The smallest absolute Gasteiger partial charge is 0.381 e. The van der Waals surface area contributed by atoms with Crippen LogP contribution in [0.15, 0.2) is 48.5 Å². The first kappa shape index (κ1) is 26.5. The minimum Gasteiger partial charge on any atom is -0.381 e. The molecule has 33 heavy (non-hydrogen) atoms. The number of hydrogen-bond donors (Lipinski definition) is 3. The molecule has 11 heteroatoms. The Morgan fingerprint density at radius 1 is 1.03 bits per heavy atom. The first-order valence-corrected chi connectivity index (χ1v) is 9.85. The summed E-state index contributed by atoms with van der Waals surface area (Å²) < 4.78 is 84.7. The predicted octanol–water partition coefficient (Wildman–Crippen LogP) is 4.61. The van der Waals surface area contributed by atoms with Crippen molar-refractivity contribution in [2.45, 2.75) is 43.9 Å². The van der Waals surface area contributed by atoms with Gasteiger partial charge in [0.25, 0.3) is 0 Å².